The Hall–Kier alpha value is -14.4. The Kier molecular flexibility index (Phi) is 45.3. The first-order valence-corrected chi connectivity index (χ1v) is 43.7. The standard InChI is InChI=1S/C30H43N3O5.3C22H27N3O6/c1-6-7-8-9-10-11-28(34)32-24-15-13-23(17-27(24)38-19-21(4)5)30(36)33-25-14-12-22(29(31)35)16-26(25)37-18-20(2)3;1-5-14(4)31-20-11-16(7-9-18(20)25(28)29)22(27)24-17-8-6-15(21(23)26)10-19(17)30-12-13(2)3;1-4-5-10-30-20-12-16(7-9-18(20)25(28)29)22(27)24-17-8-6-15(21(23)26)11-19(17)31-13-14(2)3;1-3-5-11-30-19-13-15(21(23)26)7-9-17(19)24-22(27)16-8-10-18(25(28)29)20(14-16)31-12-6-4-2/h12-17,20-21H,6-11,18-19H2,1-5H3,(H2,31,35)(H,32,34)(H,33,36);6-11,13-14H,5,12H2,1-4H3,(H2,23,26)(H,24,27);6-9,11-12,14H,4-5,10,13H2,1-3H3,(H2,23,26)(H,24,27);7-10,13-14H,3-6,11-12H2,1-2H3,(H2,23,26)(H,24,27). The van der Waals surface area contributed by atoms with Crippen LogP contribution in [0.1, 0.15) is 263 Å². The van der Waals surface area contributed by atoms with Crippen LogP contribution in [0.5, 0.6) is 46.0 Å². The van der Waals surface area contributed by atoms with Gasteiger partial charge in [0, 0.05) is 87.3 Å². The molecule has 8 aromatic carbocycles. The molecule has 0 aliphatic rings. The Labute approximate surface area is 763 Å². The first-order chi connectivity index (χ1) is 62.3. The maximum atomic E-state index is 13.2. The number of primary amides is 4. The molecule has 0 aromatic heterocycles. The van der Waals surface area contributed by atoms with E-state index in [1.807, 2.05) is 83.1 Å². The van der Waals surface area contributed by atoms with E-state index in [1.165, 1.54) is 128 Å². The number of carbonyl (C=O) groups is 9. The molecule has 0 aliphatic carbocycles. The van der Waals surface area contributed by atoms with Gasteiger partial charge in [-0.05, 0) is 172 Å². The molecule has 35 nitrogen and oxygen atoms in total. The van der Waals surface area contributed by atoms with Crippen LogP contribution < -0.4 is 87.4 Å². The maximum Gasteiger partial charge on any atom is 0.310 e. The Morgan fingerprint density at radius 3 is 0.809 bits per heavy atom. The van der Waals surface area contributed by atoms with Gasteiger partial charge in [-0.15, -0.1) is 0 Å². The second-order valence-corrected chi connectivity index (χ2v) is 32.1. The van der Waals surface area contributed by atoms with Crippen molar-refractivity contribution in [3.63, 3.8) is 0 Å². The SMILES string of the molecule is CCC(C)Oc1cc(C(=O)Nc2ccc(C(N)=O)cc2OCC(C)C)ccc1[N+](=O)[O-].CCCCCCCC(=O)Nc1ccc(C(=O)Nc2ccc(C(N)=O)cc2OCC(C)C)cc1OCC(C)C.CCCCOc1cc(C(=O)Nc2ccc(C(N)=O)cc2OCC(C)C)ccc1[N+](=O)[O-].CCCCOc1cc(C(N)=O)ccc1NC(=O)c1ccc([N+](=O)[O-])c(OCCCC)c1. The average Bonchev–Trinajstić information content (AvgIpc) is 0.833. The molecule has 0 spiro atoms. The Balaban J connectivity index is 0.000000310. The van der Waals surface area contributed by atoms with Gasteiger partial charge >= 0.3 is 17.1 Å². The largest absolute Gasteiger partial charge is 0.491 e. The molecule has 35 heteroatoms. The van der Waals surface area contributed by atoms with Crippen molar-refractivity contribution in [3.05, 3.63) is 220 Å². The van der Waals surface area contributed by atoms with Crippen LogP contribution in [0, 0.1) is 54.0 Å². The zero-order valence-corrected chi connectivity index (χ0v) is 76.9. The van der Waals surface area contributed by atoms with E-state index in [2.05, 4.69) is 33.5 Å². The van der Waals surface area contributed by atoms with Gasteiger partial charge in [-0.1, -0.05) is 135 Å². The summed E-state index contributed by atoms with van der Waals surface area (Å²) in [6.45, 7) is 30.3. The number of nitro groups is 3. The molecule has 0 saturated heterocycles. The smallest absolute Gasteiger partial charge is 0.310 e. The monoisotopic (exact) mass is 1810 g/mol. The highest BCUT2D eigenvalue weighted by atomic mass is 16.6. The van der Waals surface area contributed by atoms with E-state index < -0.39 is 56.1 Å². The number of nitrogens with one attached hydrogen (secondary N) is 5. The van der Waals surface area contributed by atoms with Crippen LogP contribution in [0.2, 0.25) is 0 Å². The topological polar surface area (TPSA) is 521 Å². The predicted octanol–water partition coefficient (Wildman–Crippen LogP) is 19.0. The molecule has 0 bridgehead atoms. The van der Waals surface area contributed by atoms with Crippen molar-refractivity contribution in [2.24, 2.45) is 46.6 Å². The van der Waals surface area contributed by atoms with Crippen molar-refractivity contribution in [2.75, 3.05) is 72.8 Å². The van der Waals surface area contributed by atoms with E-state index in [-0.39, 0.29) is 115 Å². The number of nitrogens with zero attached hydrogens (tertiary/aromatic N) is 3. The highest BCUT2D eigenvalue weighted by Crippen LogP contribution is 2.37. The minimum atomic E-state index is -0.616. The van der Waals surface area contributed by atoms with Crippen LogP contribution in [0.3, 0.4) is 0 Å². The minimum Gasteiger partial charge on any atom is -0.491 e. The van der Waals surface area contributed by atoms with E-state index in [0.717, 1.165) is 64.2 Å². The van der Waals surface area contributed by atoms with Gasteiger partial charge in [0.15, 0.2) is 17.2 Å². The lowest BCUT2D eigenvalue weighted by Crippen LogP contribution is -2.17. The minimum absolute atomic E-state index is 0.0207. The summed E-state index contributed by atoms with van der Waals surface area (Å²) in [4.78, 5) is 142. The second kappa shape index (κ2) is 55.4. The fourth-order valence-electron chi connectivity index (χ4n) is 11.4. The van der Waals surface area contributed by atoms with Gasteiger partial charge in [0.05, 0.1) is 95.6 Å². The summed E-state index contributed by atoms with van der Waals surface area (Å²) in [6.07, 6.45) is 11.1. The Morgan fingerprint density at radius 2 is 0.534 bits per heavy atom. The fraction of sp³-hybridized carbons (Fsp3) is 0.406. The van der Waals surface area contributed by atoms with Crippen molar-refractivity contribution in [2.45, 2.75) is 187 Å². The van der Waals surface area contributed by atoms with Gasteiger partial charge in [0.2, 0.25) is 29.5 Å². The van der Waals surface area contributed by atoms with Crippen LogP contribution in [-0.4, -0.2) is 120 Å². The molecule has 1 unspecified atom stereocenters. The van der Waals surface area contributed by atoms with Crippen LogP contribution in [0.25, 0.3) is 0 Å². The van der Waals surface area contributed by atoms with Gasteiger partial charge in [-0.25, -0.2) is 0 Å². The van der Waals surface area contributed by atoms with Crippen LogP contribution in [0.4, 0.5) is 45.5 Å². The highest BCUT2D eigenvalue weighted by molar-refractivity contribution is 6.09. The molecule has 131 heavy (non-hydrogen) atoms. The van der Waals surface area contributed by atoms with Gasteiger partial charge in [0.25, 0.3) is 23.6 Å². The lowest BCUT2D eigenvalue weighted by atomic mass is 10.1. The molecule has 8 aromatic rings. The number of anilines is 5. The van der Waals surface area contributed by atoms with Crippen molar-refractivity contribution >= 4 is 98.7 Å². The normalized spacial score (nSPS) is 10.9. The third kappa shape index (κ3) is 36.7. The summed E-state index contributed by atoms with van der Waals surface area (Å²) in [7, 11) is 0. The molecular weight excluding hydrogens is 1690 g/mol. The number of nitro benzene ring substituents is 3. The second-order valence-electron chi connectivity index (χ2n) is 32.1. The van der Waals surface area contributed by atoms with E-state index >= 15 is 0 Å². The van der Waals surface area contributed by atoms with Gasteiger partial charge in [-0.3, -0.25) is 73.5 Å². The average molecular weight is 1810 g/mol. The number of nitrogens with two attached hydrogens (primary N) is 4. The summed E-state index contributed by atoms with van der Waals surface area (Å²) >= 11 is 0. The summed E-state index contributed by atoms with van der Waals surface area (Å²) in [5.74, 6) is -1.62. The molecular formula is C96H124N12O23. The third-order valence-electron chi connectivity index (χ3n) is 18.8. The molecule has 706 valence electrons. The lowest BCUT2D eigenvalue weighted by Gasteiger charge is -2.17. The number of carbonyl (C=O) groups excluding carboxylic acids is 9. The quantitative estimate of drug-likeness (QED) is 0.00971. The van der Waals surface area contributed by atoms with E-state index in [9.17, 15) is 73.5 Å². The zero-order chi connectivity index (χ0) is 97.0. The number of amides is 9. The lowest BCUT2D eigenvalue weighted by molar-refractivity contribution is -0.386. The molecule has 8 rings (SSSR count). The van der Waals surface area contributed by atoms with Crippen LogP contribution >= 0.6 is 0 Å². The number of ether oxygens (including phenoxy) is 8. The van der Waals surface area contributed by atoms with Crippen molar-refractivity contribution in [1.82, 2.24) is 0 Å². The zero-order valence-electron chi connectivity index (χ0n) is 76.9. The Bertz CT molecular complexity index is 5230. The van der Waals surface area contributed by atoms with Crippen LogP contribution in [-0.2, 0) is 4.79 Å². The predicted molar refractivity (Wildman–Crippen MR) is 502 cm³/mol. The van der Waals surface area contributed by atoms with Gasteiger partial charge in [-0.2, -0.15) is 0 Å². The summed E-state index contributed by atoms with van der Waals surface area (Å²) in [6, 6.07) is 34.9. The maximum absolute atomic E-state index is 13.2. The molecule has 9 amide bonds. The molecule has 0 aliphatic heterocycles. The summed E-state index contributed by atoms with van der Waals surface area (Å²) in [5, 5.41) is 47.8. The molecule has 0 fully saturated rings. The number of hydrogen-bond donors (Lipinski definition) is 9. The first-order valence-electron chi connectivity index (χ1n) is 43.7. The molecule has 0 heterocycles. The van der Waals surface area contributed by atoms with Crippen molar-refractivity contribution in [3.8, 4) is 46.0 Å². The van der Waals surface area contributed by atoms with Gasteiger partial charge in [0.1, 0.15) is 28.7 Å². The number of hydrogen-bond acceptors (Lipinski definition) is 23. The van der Waals surface area contributed by atoms with E-state index in [0.29, 0.717) is 122 Å². The Morgan fingerprint density at radius 1 is 0.298 bits per heavy atom. The summed E-state index contributed by atoms with van der Waals surface area (Å²) < 4.78 is 45.6. The van der Waals surface area contributed by atoms with Crippen molar-refractivity contribution < 1.29 is 95.8 Å². The first kappa shape index (κ1) is 107. The molecule has 0 saturated carbocycles. The van der Waals surface area contributed by atoms with Crippen molar-refractivity contribution in [1.29, 1.82) is 0 Å². The molecule has 1 atom stereocenters. The molecule has 0 radical (unpaired) electrons. The summed E-state index contributed by atoms with van der Waals surface area (Å²) in [5.41, 5.74) is 24.8. The van der Waals surface area contributed by atoms with E-state index in [1.54, 1.807) is 31.2 Å². The van der Waals surface area contributed by atoms with E-state index in [4.69, 9.17) is 60.8 Å². The van der Waals surface area contributed by atoms with Gasteiger partial charge < -0.3 is 87.4 Å². The highest BCUT2D eigenvalue weighted by Gasteiger charge is 2.26. The number of unbranched alkanes of at least 4 members (excludes halogenated alkanes) is 7. The van der Waals surface area contributed by atoms with Crippen LogP contribution in [0.15, 0.2) is 146 Å². The molecule has 13 N–H and O–H groups in total. The number of benzene rings is 8. The fourth-order valence-corrected chi connectivity index (χ4v) is 11.4. The number of rotatable bonds is 49. The third-order valence-corrected chi connectivity index (χ3v) is 18.8.